The van der Waals surface area contributed by atoms with E-state index in [0.717, 1.165) is 0 Å². The molecule has 0 heterocycles. The van der Waals surface area contributed by atoms with E-state index >= 15 is 0 Å². The van der Waals surface area contributed by atoms with Crippen molar-refractivity contribution in [1.29, 1.82) is 0 Å². The van der Waals surface area contributed by atoms with Crippen LogP contribution in [0.25, 0.3) is 0 Å². The van der Waals surface area contributed by atoms with Gasteiger partial charge in [-0.1, -0.05) is 35.9 Å². The zero-order valence-electron chi connectivity index (χ0n) is 10.4. The first kappa shape index (κ1) is 21.0. The van der Waals surface area contributed by atoms with Crippen molar-refractivity contribution in [2.75, 3.05) is 0 Å². The zero-order valence-corrected chi connectivity index (χ0v) is 10.4. The Morgan fingerprint density at radius 3 is 1.14 bits per heavy atom. The van der Waals surface area contributed by atoms with E-state index in [1.807, 2.05) is 18.2 Å². The number of benzene rings is 1. The van der Waals surface area contributed by atoms with Crippen LogP contribution in [0.15, 0.2) is 30.3 Å². The van der Waals surface area contributed by atoms with Gasteiger partial charge in [0.25, 0.3) is 0 Å². The van der Waals surface area contributed by atoms with Gasteiger partial charge >= 0.3 is 24.3 Å². The summed E-state index contributed by atoms with van der Waals surface area (Å²) in [5.41, 5.74) is 1.32. The van der Waals surface area contributed by atoms with Crippen LogP contribution in [0.3, 0.4) is 0 Å². The number of aliphatic carboxylic acids is 2. The molecule has 0 amide bonds. The summed E-state index contributed by atoms with van der Waals surface area (Å²) in [5, 5.41) is 14.2. The Morgan fingerprint density at radius 2 is 1.05 bits per heavy atom. The molecule has 0 aliphatic heterocycles. The second kappa shape index (κ2) is 8.82. The Labute approximate surface area is 114 Å². The molecule has 0 radical (unpaired) electrons. The van der Waals surface area contributed by atoms with Crippen LogP contribution in [-0.4, -0.2) is 34.5 Å². The van der Waals surface area contributed by atoms with E-state index in [-0.39, 0.29) is 0 Å². The fourth-order valence-electron chi connectivity index (χ4n) is 0.534. The average molecular weight is 320 g/mol. The molecule has 120 valence electrons. The molecule has 0 spiro atoms. The van der Waals surface area contributed by atoms with Crippen molar-refractivity contribution in [2.45, 2.75) is 19.3 Å². The Balaban J connectivity index is 0. The second-order valence-corrected chi connectivity index (χ2v) is 3.26. The Kier molecular flexibility index (Phi) is 8.84. The number of hydrogen-bond donors (Lipinski definition) is 2. The van der Waals surface area contributed by atoms with Gasteiger partial charge in [-0.15, -0.1) is 0 Å². The van der Waals surface area contributed by atoms with Crippen molar-refractivity contribution in [3.8, 4) is 0 Å². The lowest BCUT2D eigenvalue weighted by Crippen LogP contribution is -2.21. The minimum Gasteiger partial charge on any atom is -0.475 e. The van der Waals surface area contributed by atoms with Crippen molar-refractivity contribution < 1.29 is 46.1 Å². The quantitative estimate of drug-likeness (QED) is 0.720. The van der Waals surface area contributed by atoms with Crippen LogP contribution < -0.4 is 0 Å². The Hall–Kier alpha value is -2.26. The first-order valence-corrected chi connectivity index (χ1v) is 4.90. The summed E-state index contributed by atoms with van der Waals surface area (Å²) in [7, 11) is 0. The van der Waals surface area contributed by atoms with Gasteiger partial charge in [0.1, 0.15) is 0 Å². The topological polar surface area (TPSA) is 74.6 Å². The van der Waals surface area contributed by atoms with Gasteiger partial charge in [-0.3, -0.25) is 0 Å². The molecule has 0 aliphatic carbocycles. The minimum atomic E-state index is -5.08. The van der Waals surface area contributed by atoms with Gasteiger partial charge < -0.3 is 10.2 Å². The Bertz CT molecular complexity index is 414. The number of carboxylic acid groups (broad SMARTS) is 2. The van der Waals surface area contributed by atoms with Crippen molar-refractivity contribution in [1.82, 2.24) is 0 Å². The first-order chi connectivity index (χ1) is 9.28. The standard InChI is InChI=1S/C7H8.2C2HF3O2/c1-7-5-3-2-4-6-7;2*3-2(4,5)1(6)7/h2-6H,1H3;2*(H,6,7). The molecule has 0 atom stereocenters. The fraction of sp³-hybridized carbons (Fsp3) is 0.273. The molecule has 4 nitrogen and oxygen atoms in total. The molecule has 21 heavy (non-hydrogen) atoms. The number of carboxylic acids is 2. The highest BCUT2D eigenvalue weighted by atomic mass is 19.4. The number of aryl methyl sites for hydroxylation is 1. The van der Waals surface area contributed by atoms with E-state index in [0.29, 0.717) is 0 Å². The van der Waals surface area contributed by atoms with Gasteiger partial charge in [0, 0.05) is 0 Å². The van der Waals surface area contributed by atoms with E-state index in [2.05, 4.69) is 19.1 Å². The van der Waals surface area contributed by atoms with Crippen molar-refractivity contribution >= 4 is 11.9 Å². The summed E-state index contributed by atoms with van der Waals surface area (Å²) in [4.78, 5) is 17.8. The first-order valence-electron chi connectivity index (χ1n) is 4.90. The van der Waals surface area contributed by atoms with Crippen LogP contribution in [0.4, 0.5) is 26.3 Å². The fourth-order valence-corrected chi connectivity index (χ4v) is 0.534. The molecule has 2 N–H and O–H groups in total. The molecule has 0 saturated heterocycles. The highest BCUT2D eigenvalue weighted by Gasteiger charge is 2.38. The molecule has 0 saturated carbocycles. The van der Waals surface area contributed by atoms with Gasteiger partial charge in [-0.25, -0.2) is 9.59 Å². The predicted octanol–water partition coefficient (Wildman–Crippen LogP) is 3.26. The van der Waals surface area contributed by atoms with E-state index in [9.17, 15) is 26.3 Å². The maximum absolute atomic E-state index is 10.6. The molecular formula is C11H10F6O4. The van der Waals surface area contributed by atoms with E-state index in [4.69, 9.17) is 19.8 Å². The van der Waals surface area contributed by atoms with Gasteiger partial charge in [0.2, 0.25) is 0 Å². The maximum Gasteiger partial charge on any atom is 0.490 e. The highest BCUT2D eigenvalue weighted by molar-refractivity contribution is 5.73. The molecular weight excluding hydrogens is 310 g/mol. The average Bonchev–Trinajstić information content (AvgIpc) is 2.28. The summed E-state index contributed by atoms with van der Waals surface area (Å²) in [6.07, 6.45) is -10.2. The molecule has 0 unspecified atom stereocenters. The van der Waals surface area contributed by atoms with Crippen LogP contribution >= 0.6 is 0 Å². The lowest BCUT2D eigenvalue weighted by Gasteiger charge is -1.93. The highest BCUT2D eigenvalue weighted by Crippen LogP contribution is 2.13. The predicted molar refractivity (Wildman–Crippen MR) is 58.6 cm³/mol. The van der Waals surface area contributed by atoms with Crippen molar-refractivity contribution in [3.05, 3.63) is 35.9 Å². The lowest BCUT2D eigenvalue weighted by molar-refractivity contribution is -0.193. The van der Waals surface area contributed by atoms with Gasteiger partial charge in [0.05, 0.1) is 0 Å². The third kappa shape index (κ3) is 14.0. The molecule has 0 bridgehead atoms. The van der Waals surface area contributed by atoms with Crippen LogP contribution in [0, 0.1) is 6.92 Å². The number of rotatable bonds is 0. The van der Waals surface area contributed by atoms with Crippen molar-refractivity contribution in [3.63, 3.8) is 0 Å². The molecule has 1 aromatic carbocycles. The van der Waals surface area contributed by atoms with E-state index < -0.39 is 24.3 Å². The largest absolute Gasteiger partial charge is 0.490 e. The van der Waals surface area contributed by atoms with Crippen LogP contribution in [0.1, 0.15) is 5.56 Å². The normalized spacial score (nSPS) is 10.4. The van der Waals surface area contributed by atoms with Gasteiger partial charge in [-0.05, 0) is 6.92 Å². The second-order valence-electron chi connectivity index (χ2n) is 3.26. The Morgan fingerprint density at radius 1 is 0.810 bits per heavy atom. The monoisotopic (exact) mass is 320 g/mol. The molecule has 1 rings (SSSR count). The SMILES string of the molecule is Cc1ccccc1.O=C(O)C(F)(F)F.O=C(O)C(F)(F)F. The van der Waals surface area contributed by atoms with Gasteiger partial charge in [0.15, 0.2) is 0 Å². The molecule has 1 aromatic rings. The summed E-state index contributed by atoms with van der Waals surface area (Å²) in [6, 6.07) is 10.3. The lowest BCUT2D eigenvalue weighted by atomic mass is 10.2. The third-order valence-electron chi connectivity index (χ3n) is 1.43. The summed E-state index contributed by atoms with van der Waals surface area (Å²) in [5.74, 6) is -5.51. The number of halogens is 6. The van der Waals surface area contributed by atoms with Crippen LogP contribution in [0.2, 0.25) is 0 Å². The van der Waals surface area contributed by atoms with Gasteiger partial charge in [-0.2, -0.15) is 26.3 Å². The number of hydrogen-bond acceptors (Lipinski definition) is 2. The van der Waals surface area contributed by atoms with Crippen LogP contribution in [-0.2, 0) is 9.59 Å². The molecule has 0 aliphatic rings. The van der Waals surface area contributed by atoms with E-state index in [1.54, 1.807) is 0 Å². The zero-order chi connectivity index (χ0) is 17.3. The summed E-state index contributed by atoms with van der Waals surface area (Å²) < 4.78 is 63.5. The van der Waals surface area contributed by atoms with E-state index in [1.165, 1.54) is 5.56 Å². The molecule has 0 fully saturated rings. The van der Waals surface area contributed by atoms with Crippen molar-refractivity contribution in [2.24, 2.45) is 0 Å². The third-order valence-corrected chi connectivity index (χ3v) is 1.43. The summed E-state index contributed by atoms with van der Waals surface area (Å²) in [6.45, 7) is 2.08. The maximum atomic E-state index is 10.6. The van der Waals surface area contributed by atoms with Crippen LogP contribution in [0.5, 0.6) is 0 Å². The smallest absolute Gasteiger partial charge is 0.475 e. The molecule has 10 heteroatoms. The number of alkyl halides is 6. The molecule has 0 aromatic heterocycles. The minimum absolute atomic E-state index is 1.32. The summed E-state index contributed by atoms with van der Waals surface area (Å²) >= 11 is 0. The number of carbonyl (C=O) groups is 2.